The highest BCUT2D eigenvalue weighted by Gasteiger charge is 2.38. The molecule has 0 spiro atoms. The molecular formula is C19H16Cl2F3N3O2S. The van der Waals surface area contributed by atoms with Gasteiger partial charge in [0.1, 0.15) is 0 Å². The van der Waals surface area contributed by atoms with Gasteiger partial charge in [0.15, 0.2) is 0 Å². The molecule has 2 N–H and O–H groups in total. The second-order valence-electron chi connectivity index (χ2n) is 6.00. The summed E-state index contributed by atoms with van der Waals surface area (Å²) in [5.41, 5.74) is 4.37. The first-order chi connectivity index (χ1) is 14.1. The zero-order valence-corrected chi connectivity index (χ0v) is 17.8. The summed E-state index contributed by atoms with van der Waals surface area (Å²) in [7, 11) is 0. The van der Waals surface area contributed by atoms with E-state index in [1.54, 1.807) is 24.4 Å². The van der Waals surface area contributed by atoms with Crippen LogP contribution in [0.2, 0.25) is 10.0 Å². The molecule has 30 heavy (non-hydrogen) atoms. The molecule has 0 aliphatic heterocycles. The number of alkyl halides is 3. The van der Waals surface area contributed by atoms with Crippen molar-refractivity contribution in [3.63, 3.8) is 0 Å². The Morgan fingerprint density at radius 1 is 1.07 bits per heavy atom. The van der Waals surface area contributed by atoms with Gasteiger partial charge in [-0.15, -0.1) is 11.8 Å². The van der Waals surface area contributed by atoms with E-state index in [0.29, 0.717) is 27.1 Å². The Morgan fingerprint density at radius 2 is 1.73 bits per heavy atom. The number of anilines is 1. The molecule has 2 aromatic rings. The number of hydrazone groups is 1. The maximum atomic E-state index is 12.3. The molecule has 160 valence electrons. The second kappa shape index (κ2) is 10.7. The molecule has 0 atom stereocenters. The molecule has 0 saturated heterocycles. The monoisotopic (exact) mass is 477 g/mol. The fourth-order valence-electron chi connectivity index (χ4n) is 2.13. The van der Waals surface area contributed by atoms with Gasteiger partial charge in [0.25, 0.3) is 0 Å². The van der Waals surface area contributed by atoms with Gasteiger partial charge >= 0.3 is 12.1 Å². The number of rotatable bonds is 7. The SMILES string of the molecule is CC(=NNC(=O)CSCc1ccc(Cl)c(Cl)c1)c1ccc(NC(=O)C(F)(F)F)cc1. The normalized spacial score (nSPS) is 11.9. The first kappa shape index (κ1) is 24.0. The van der Waals surface area contributed by atoms with Crippen molar-refractivity contribution in [1.82, 2.24) is 5.43 Å². The highest BCUT2D eigenvalue weighted by Crippen LogP contribution is 2.24. The average Bonchev–Trinajstić information content (AvgIpc) is 2.68. The summed E-state index contributed by atoms with van der Waals surface area (Å²) < 4.78 is 36.8. The minimum Gasteiger partial charge on any atom is -0.318 e. The molecule has 0 aliphatic rings. The zero-order chi connectivity index (χ0) is 22.3. The number of nitrogens with zero attached hydrogens (tertiary/aromatic N) is 1. The molecule has 0 heterocycles. The maximum absolute atomic E-state index is 12.3. The Balaban J connectivity index is 1.82. The van der Waals surface area contributed by atoms with E-state index in [1.165, 1.54) is 36.0 Å². The van der Waals surface area contributed by atoms with Crippen LogP contribution in [0.25, 0.3) is 0 Å². The van der Waals surface area contributed by atoms with Crippen LogP contribution in [0.15, 0.2) is 47.6 Å². The first-order valence-corrected chi connectivity index (χ1v) is 10.3. The van der Waals surface area contributed by atoms with Crippen LogP contribution in [0, 0.1) is 0 Å². The van der Waals surface area contributed by atoms with Crippen LogP contribution in [-0.4, -0.2) is 29.5 Å². The number of thioether (sulfide) groups is 1. The molecule has 2 aromatic carbocycles. The van der Waals surface area contributed by atoms with Gasteiger partial charge in [-0.05, 0) is 42.3 Å². The number of carbonyl (C=O) groups is 2. The Bertz CT molecular complexity index is 951. The van der Waals surface area contributed by atoms with Crippen molar-refractivity contribution in [1.29, 1.82) is 0 Å². The van der Waals surface area contributed by atoms with Crippen LogP contribution in [0.1, 0.15) is 18.1 Å². The van der Waals surface area contributed by atoms with Crippen LogP contribution in [0.4, 0.5) is 18.9 Å². The molecule has 0 bridgehead atoms. The van der Waals surface area contributed by atoms with Gasteiger partial charge < -0.3 is 5.32 Å². The largest absolute Gasteiger partial charge is 0.471 e. The predicted molar refractivity (Wildman–Crippen MR) is 114 cm³/mol. The number of hydrogen-bond acceptors (Lipinski definition) is 4. The fraction of sp³-hybridized carbons (Fsp3) is 0.211. The second-order valence-corrected chi connectivity index (χ2v) is 7.80. The summed E-state index contributed by atoms with van der Waals surface area (Å²) in [6.45, 7) is 1.63. The van der Waals surface area contributed by atoms with E-state index in [-0.39, 0.29) is 17.3 Å². The van der Waals surface area contributed by atoms with Gasteiger partial charge in [-0.1, -0.05) is 41.4 Å². The van der Waals surface area contributed by atoms with Crippen molar-refractivity contribution in [3.8, 4) is 0 Å². The van der Waals surface area contributed by atoms with Gasteiger partial charge in [-0.3, -0.25) is 9.59 Å². The summed E-state index contributed by atoms with van der Waals surface area (Å²) in [5, 5.41) is 6.63. The maximum Gasteiger partial charge on any atom is 0.471 e. The third-order valence-electron chi connectivity index (χ3n) is 3.65. The molecule has 2 rings (SSSR count). The Hall–Kier alpha value is -2.23. The molecule has 0 fully saturated rings. The van der Waals surface area contributed by atoms with Gasteiger partial charge in [-0.2, -0.15) is 18.3 Å². The van der Waals surface area contributed by atoms with E-state index in [1.807, 2.05) is 6.07 Å². The Morgan fingerprint density at radius 3 is 2.33 bits per heavy atom. The highest BCUT2D eigenvalue weighted by atomic mass is 35.5. The molecule has 2 amide bonds. The number of carbonyl (C=O) groups excluding carboxylic acids is 2. The van der Waals surface area contributed by atoms with Crippen molar-refractivity contribution in [2.45, 2.75) is 18.9 Å². The lowest BCUT2D eigenvalue weighted by atomic mass is 10.1. The van der Waals surface area contributed by atoms with E-state index in [9.17, 15) is 22.8 Å². The number of hydrogen-bond donors (Lipinski definition) is 2. The third kappa shape index (κ3) is 7.55. The van der Waals surface area contributed by atoms with E-state index >= 15 is 0 Å². The van der Waals surface area contributed by atoms with Crippen LogP contribution in [-0.2, 0) is 15.3 Å². The summed E-state index contributed by atoms with van der Waals surface area (Å²) in [6.07, 6.45) is -4.96. The quantitative estimate of drug-likeness (QED) is 0.421. The molecule has 11 heteroatoms. The van der Waals surface area contributed by atoms with Crippen molar-refractivity contribution in [2.75, 3.05) is 11.1 Å². The molecule has 5 nitrogen and oxygen atoms in total. The lowest BCUT2D eigenvalue weighted by Gasteiger charge is -2.08. The van der Waals surface area contributed by atoms with Crippen LogP contribution < -0.4 is 10.7 Å². The van der Waals surface area contributed by atoms with E-state index in [2.05, 4.69) is 10.5 Å². The lowest BCUT2D eigenvalue weighted by molar-refractivity contribution is -0.167. The minimum absolute atomic E-state index is 0.00314. The number of benzene rings is 2. The smallest absolute Gasteiger partial charge is 0.318 e. The lowest BCUT2D eigenvalue weighted by Crippen LogP contribution is -2.29. The molecule has 0 unspecified atom stereocenters. The summed E-state index contributed by atoms with van der Waals surface area (Å²) >= 11 is 13.2. The summed E-state index contributed by atoms with van der Waals surface area (Å²) in [4.78, 5) is 22.8. The van der Waals surface area contributed by atoms with Crippen molar-refractivity contribution >= 4 is 58.2 Å². The molecular weight excluding hydrogens is 462 g/mol. The zero-order valence-electron chi connectivity index (χ0n) is 15.5. The minimum atomic E-state index is -4.96. The van der Waals surface area contributed by atoms with E-state index in [0.717, 1.165) is 5.56 Å². The van der Waals surface area contributed by atoms with Crippen molar-refractivity contribution < 1.29 is 22.8 Å². The molecule has 0 saturated carbocycles. The van der Waals surface area contributed by atoms with Gasteiger partial charge in [0.2, 0.25) is 5.91 Å². The summed E-state index contributed by atoms with van der Waals surface area (Å²) in [6, 6.07) is 10.8. The predicted octanol–water partition coefficient (Wildman–Crippen LogP) is 5.27. The molecule has 0 aromatic heterocycles. The Kier molecular flexibility index (Phi) is 8.57. The van der Waals surface area contributed by atoms with Crippen LogP contribution in [0.5, 0.6) is 0 Å². The topological polar surface area (TPSA) is 70.6 Å². The van der Waals surface area contributed by atoms with Crippen molar-refractivity contribution in [2.24, 2.45) is 5.10 Å². The van der Waals surface area contributed by atoms with Crippen molar-refractivity contribution in [3.05, 3.63) is 63.6 Å². The van der Waals surface area contributed by atoms with Crippen LogP contribution in [0.3, 0.4) is 0 Å². The van der Waals surface area contributed by atoms with Gasteiger partial charge in [0, 0.05) is 11.4 Å². The van der Waals surface area contributed by atoms with Crippen LogP contribution >= 0.6 is 35.0 Å². The average molecular weight is 478 g/mol. The summed E-state index contributed by atoms with van der Waals surface area (Å²) in [5.74, 6) is -1.63. The van der Waals surface area contributed by atoms with E-state index < -0.39 is 12.1 Å². The number of halogens is 5. The standard InChI is InChI=1S/C19H16Cl2F3N3O2S/c1-11(13-3-5-14(6-4-13)25-18(29)19(22,23)24)26-27-17(28)10-30-9-12-2-7-15(20)16(21)8-12/h2-8H,9-10H2,1H3,(H,25,29)(H,27,28). The third-order valence-corrected chi connectivity index (χ3v) is 5.40. The molecule has 0 aliphatic carbocycles. The van der Waals surface area contributed by atoms with Gasteiger partial charge in [0.05, 0.1) is 21.5 Å². The molecule has 0 radical (unpaired) electrons. The Labute approximate surface area is 185 Å². The highest BCUT2D eigenvalue weighted by molar-refractivity contribution is 7.99. The number of nitrogens with one attached hydrogen (secondary N) is 2. The van der Waals surface area contributed by atoms with E-state index in [4.69, 9.17) is 23.2 Å². The number of amides is 2. The van der Waals surface area contributed by atoms with Gasteiger partial charge in [-0.25, -0.2) is 5.43 Å². The fourth-order valence-corrected chi connectivity index (χ4v) is 3.22. The first-order valence-electron chi connectivity index (χ1n) is 8.39.